The molecule has 0 amide bonds. The fourth-order valence-corrected chi connectivity index (χ4v) is 1.14. The molecule has 1 heterocycles. The van der Waals surface area contributed by atoms with Crippen molar-refractivity contribution in [3.8, 4) is 0 Å². The number of rotatable bonds is 4. The van der Waals surface area contributed by atoms with Crippen molar-refractivity contribution in [2.45, 2.75) is 6.42 Å². The minimum absolute atomic E-state index is 0.0445. The van der Waals surface area contributed by atoms with E-state index in [4.69, 9.17) is 5.11 Å². The minimum atomic E-state index is -1.20. The van der Waals surface area contributed by atoms with Gasteiger partial charge in [0.2, 0.25) is 0 Å². The summed E-state index contributed by atoms with van der Waals surface area (Å²) in [5.74, 6) is -3.15. The largest absolute Gasteiger partial charge is 0.481 e. The maximum Gasteiger partial charge on any atom is 0.320 e. The van der Waals surface area contributed by atoms with E-state index in [0.717, 1.165) is 7.11 Å². The third-order valence-electron chi connectivity index (χ3n) is 1.92. The van der Waals surface area contributed by atoms with Gasteiger partial charge in [0, 0.05) is 18.3 Å². The summed E-state index contributed by atoms with van der Waals surface area (Å²) < 4.78 is 4.40. The number of carbonyl (C=O) groups excluding carboxylic acids is 1. The number of carboxylic acids is 1. The van der Waals surface area contributed by atoms with Crippen molar-refractivity contribution < 1.29 is 19.4 Å². The molecule has 1 rings (SSSR count). The molecule has 5 heteroatoms. The Morgan fingerprint density at radius 3 is 2.73 bits per heavy atom. The molecule has 0 aromatic carbocycles. The Morgan fingerprint density at radius 1 is 1.53 bits per heavy atom. The first-order valence-electron chi connectivity index (χ1n) is 4.35. The van der Waals surface area contributed by atoms with Crippen molar-refractivity contribution in [3.63, 3.8) is 0 Å². The summed E-state index contributed by atoms with van der Waals surface area (Å²) in [6.07, 6.45) is 1.59. The van der Waals surface area contributed by atoms with Crippen LogP contribution in [0.15, 0.2) is 24.4 Å². The van der Waals surface area contributed by atoms with E-state index in [1.807, 2.05) is 0 Å². The van der Waals surface area contributed by atoms with Crippen LogP contribution in [0.1, 0.15) is 5.69 Å². The highest BCUT2D eigenvalue weighted by atomic mass is 16.5. The predicted molar refractivity (Wildman–Crippen MR) is 51.1 cm³/mol. The molecular weight excluding hydrogens is 198 g/mol. The molecule has 1 aromatic heterocycles. The fourth-order valence-electron chi connectivity index (χ4n) is 1.14. The van der Waals surface area contributed by atoms with Gasteiger partial charge in [-0.05, 0) is 12.1 Å². The van der Waals surface area contributed by atoms with E-state index < -0.39 is 17.9 Å². The number of carbonyl (C=O) groups is 2. The number of nitrogens with zero attached hydrogens (tertiary/aromatic N) is 1. The van der Waals surface area contributed by atoms with Crippen LogP contribution in [0.3, 0.4) is 0 Å². The Kier molecular flexibility index (Phi) is 3.79. The van der Waals surface area contributed by atoms with E-state index in [1.54, 1.807) is 24.4 Å². The smallest absolute Gasteiger partial charge is 0.320 e. The highest BCUT2D eigenvalue weighted by Crippen LogP contribution is 2.08. The van der Waals surface area contributed by atoms with Crippen molar-refractivity contribution >= 4 is 11.9 Å². The maximum atomic E-state index is 11.1. The first-order chi connectivity index (χ1) is 7.15. The summed E-state index contributed by atoms with van der Waals surface area (Å²) in [4.78, 5) is 25.8. The molecule has 1 N–H and O–H groups in total. The van der Waals surface area contributed by atoms with E-state index in [0.29, 0.717) is 5.69 Å². The van der Waals surface area contributed by atoms with Gasteiger partial charge < -0.3 is 9.84 Å². The Morgan fingerprint density at radius 2 is 2.27 bits per heavy atom. The van der Waals surface area contributed by atoms with Crippen LogP contribution in [0.4, 0.5) is 0 Å². The molecule has 0 radical (unpaired) electrons. The number of methoxy groups -OCH3 is 1. The highest BCUT2D eigenvalue weighted by molar-refractivity contribution is 5.94. The number of hydrogen-bond donors (Lipinski definition) is 1. The summed E-state index contributed by atoms with van der Waals surface area (Å²) in [6.45, 7) is 0. The first kappa shape index (κ1) is 11.2. The van der Waals surface area contributed by atoms with Gasteiger partial charge in [-0.2, -0.15) is 0 Å². The summed E-state index contributed by atoms with van der Waals surface area (Å²) in [7, 11) is 1.16. The van der Waals surface area contributed by atoms with Crippen LogP contribution in [0.2, 0.25) is 0 Å². The zero-order valence-electron chi connectivity index (χ0n) is 8.21. The van der Waals surface area contributed by atoms with Crippen LogP contribution in [0, 0.1) is 5.92 Å². The lowest BCUT2D eigenvalue weighted by atomic mass is 10.0. The lowest BCUT2D eigenvalue weighted by Gasteiger charge is -2.08. The fraction of sp³-hybridized carbons (Fsp3) is 0.300. The SMILES string of the molecule is COC(=O)C(Cc1ccccn1)C(=O)O. The molecule has 0 aliphatic rings. The number of aromatic nitrogens is 1. The third kappa shape index (κ3) is 3.05. The normalized spacial score (nSPS) is 11.8. The second kappa shape index (κ2) is 5.09. The van der Waals surface area contributed by atoms with Crippen molar-refractivity contribution in [3.05, 3.63) is 30.1 Å². The molecule has 0 aliphatic heterocycles. The molecule has 1 atom stereocenters. The van der Waals surface area contributed by atoms with Gasteiger partial charge in [0.1, 0.15) is 0 Å². The summed E-state index contributed by atoms with van der Waals surface area (Å²) in [5.41, 5.74) is 0.551. The average Bonchev–Trinajstić information content (AvgIpc) is 2.26. The molecule has 0 saturated carbocycles. The van der Waals surface area contributed by atoms with Crippen LogP contribution in [-0.2, 0) is 20.7 Å². The topological polar surface area (TPSA) is 76.5 Å². The number of aliphatic carboxylic acids is 1. The van der Waals surface area contributed by atoms with Gasteiger partial charge in [0.25, 0.3) is 0 Å². The Balaban J connectivity index is 2.76. The Bertz CT molecular complexity index is 350. The van der Waals surface area contributed by atoms with E-state index >= 15 is 0 Å². The quantitative estimate of drug-likeness (QED) is 0.577. The lowest BCUT2D eigenvalue weighted by molar-refractivity contribution is -0.156. The summed E-state index contributed by atoms with van der Waals surface area (Å²) >= 11 is 0. The van der Waals surface area contributed by atoms with Gasteiger partial charge in [-0.25, -0.2) is 0 Å². The minimum Gasteiger partial charge on any atom is -0.481 e. The Labute approximate surface area is 86.7 Å². The molecule has 15 heavy (non-hydrogen) atoms. The van der Waals surface area contributed by atoms with Crippen LogP contribution in [0.25, 0.3) is 0 Å². The van der Waals surface area contributed by atoms with E-state index in [9.17, 15) is 9.59 Å². The van der Waals surface area contributed by atoms with Crippen molar-refractivity contribution in [1.82, 2.24) is 4.98 Å². The van der Waals surface area contributed by atoms with Crippen molar-refractivity contribution in [2.75, 3.05) is 7.11 Å². The zero-order valence-corrected chi connectivity index (χ0v) is 8.21. The molecule has 0 spiro atoms. The van der Waals surface area contributed by atoms with Crippen LogP contribution in [0.5, 0.6) is 0 Å². The van der Waals surface area contributed by atoms with Gasteiger partial charge in [-0.3, -0.25) is 14.6 Å². The molecule has 0 bridgehead atoms. The standard InChI is InChI=1S/C10H11NO4/c1-15-10(14)8(9(12)13)6-7-4-2-3-5-11-7/h2-5,8H,6H2,1H3,(H,12,13). The monoisotopic (exact) mass is 209 g/mol. The zero-order chi connectivity index (χ0) is 11.3. The van der Waals surface area contributed by atoms with Crippen molar-refractivity contribution in [1.29, 1.82) is 0 Å². The van der Waals surface area contributed by atoms with Gasteiger partial charge >= 0.3 is 11.9 Å². The van der Waals surface area contributed by atoms with Gasteiger partial charge in [-0.15, -0.1) is 0 Å². The lowest BCUT2D eigenvalue weighted by Crippen LogP contribution is -2.27. The predicted octanol–water partition coefficient (Wildman–Crippen LogP) is 0.498. The molecule has 0 fully saturated rings. The van der Waals surface area contributed by atoms with Crippen LogP contribution < -0.4 is 0 Å². The van der Waals surface area contributed by atoms with Gasteiger partial charge in [-0.1, -0.05) is 6.07 Å². The van der Waals surface area contributed by atoms with Gasteiger partial charge in [0.05, 0.1) is 7.11 Å². The van der Waals surface area contributed by atoms with E-state index in [2.05, 4.69) is 9.72 Å². The molecule has 1 aromatic rings. The molecule has 1 unspecified atom stereocenters. The van der Waals surface area contributed by atoms with Gasteiger partial charge in [0.15, 0.2) is 5.92 Å². The number of hydrogen-bond acceptors (Lipinski definition) is 4. The number of esters is 1. The Hall–Kier alpha value is -1.91. The van der Waals surface area contributed by atoms with E-state index in [1.165, 1.54) is 0 Å². The molecule has 5 nitrogen and oxygen atoms in total. The molecular formula is C10H11NO4. The number of carboxylic acid groups (broad SMARTS) is 1. The summed E-state index contributed by atoms with van der Waals surface area (Å²) in [5, 5.41) is 8.81. The number of ether oxygens (including phenoxy) is 1. The molecule has 0 saturated heterocycles. The first-order valence-corrected chi connectivity index (χ1v) is 4.35. The van der Waals surface area contributed by atoms with Crippen LogP contribution >= 0.6 is 0 Å². The average molecular weight is 209 g/mol. The summed E-state index contributed by atoms with van der Waals surface area (Å²) in [6, 6.07) is 5.12. The molecule has 0 aliphatic carbocycles. The highest BCUT2D eigenvalue weighted by Gasteiger charge is 2.27. The second-order valence-corrected chi connectivity index (χ2v) is 2.94. The van der Waals surface area contributed by atoms with E-state index in [-0.39, 0.29) is 6.42 Å². The maximum absolute atomic E-state index is 11.1. The molecule has 80 valence electrons. The van der Waals surface area contributed by atoms with Crippen LogP contribution in [-0.4, -0.2) is 29.1 Å². The van der Waals surface area contributed by atoms with Crippen molar-refractivity contribution in [2.24, 2.45) is 5.92 Å². The second-order valence-electron chi connectivity index (χ2n) is 2.94. The number of pyridine rings is 1. The third-order valence-corrected chi connectivity index (χ3v) is 1.92.